The van der Waals surface area contributed by atoms with Crippen molar-refractivity contribution in [1.29, 1.82) is 0 Å². The molecule has 5 aromatic rings. The lowest BCUT2D eigenvalue weighted by Crippen LogP contribution is -2.44. The van der Waals surface area contributed by atoms with Gasteiger partial charge in [0.15, 0.2) is 5.82 Å². The number of fused-ring (bicyclic) bond motifs is 1. The van der Waals surface area contributed by atoms with Crippen LogP contribution in [0.15, 0.2) is 85.2 Å². The van der Waals surface area contributed by atoms with Crippen LogP contribution < -0.4 is 5.32 Å². The maximum Gasteiger partial charge on any atom is 0.253 e. The van der Waals surface area contributed by atoms with Crippen LogP contribution in [-0.2, 0) is 0 Å². The van der Waals surface area contributed by atoms with Gasteiger partial charge in [-0.1, -0.05) is 42.5 Å². The molecule has 0 spiro atoms. The Morgan fingerprint density at radius 1 is 0.886 bits per heavy atom. The number of benzene rings is 2. The van der Waals surface area contributed by atoms with Crippen molar-refractivity contribution >= 4 is 16.9 Å². The van der Waals surface area contributed by atoms with E-state index < -0.39 is 0 Å². The molecule has 0 aliphatic heterocycles. The number of carbonyl (C=O) groups excluding carboxylic acids is 1. The fourth-order valence-electron chi connectivity index (χ4n) is 4.58. The molecule has 1 saturated carbocycles. The Morgan fingerprint density at radius 3 is 2.51 bits per heavy atom. The number of rotatable bonds is 5. The molecule has 1 amide bonds. The van der Waals surface area contributed by atoms with Crippen LogP contribution in [0.1, 0.15) is 34.9 Å². The minimum atomic E-state index is -0.341. The number of aromatic nitrogens is 5. The molecule has 8 heteroatoms. The SMILES string of the molecule is O=C(N[C@H]1C[C@H](c2nnc(-c3ccccc3)n2-c2ccccc2F)C1)c1ccnc2cccnc12. The van der Waals surface area contributed by atoms with Crippen LogP contribution >= 0.6 is 0 Å². The lowest BCUT2D eigenvalue weighted by Gasteiger charge is -2.35. The number of halogens is 1. The maximum atomic E-state index is 14.8. The molecule has 7 nitrogen and oxygen atoms in total. The molecule has 0 saturated heterocycles. The molecule has 0 unspecified atom stereocenters. The van der Waals surface area contributed by atoms with Crippen LogP contribution in [0.5, 0.6) is 0 Å². The van der Waals surface area contributed by atoms with Gasteiger partial charge in [0, 0.05) is 29.9 Å². The van der Waals surface area contributed by atoms with Gasteiger partial charge >= 0.3 is 0 Å². The number of pyridine rings is 2. The molecule has 0 radical (unpaired) electrons. The zero-order valence-corrected chi connectivity index (χ0v) is 18.7. The van der Waals surface area contributed by atoms with E-state index in [2.05, 4.69) is 25.5 Å². The minimum absolute atomic E-state index is 0.0228. The second kappa shape index (κ2) is 8.72. The number of hydrogen-bond donors (Lipinski definition) is 1. The summed E-state index contributed by atoms with van der Waals surface area (Å²) < 4.78 is 16.6. The van der Waals surface area contributed by atoms with Crippen LogP contribution in [0.25, 0.3) is 28.1 Å². The summed E-state index contributed by atoms with van der Waals surface area (Å²) in [5, 5.41) is 12.0. The Hall–Kier alpha value is -4.46. The first kappa shape index (κ1) is 21.1. The second-order valence-corrected chi connectivity index (χ2v) is 8.60. The molecule has 2 aromatic carbocycles. The van der Waals surface area contributed by atoms with Gasteiger partial charge in [-0.25, -0.2) is 4.39 Å². The Kier molecular flexibility index (Phi) is 5.25. The first-order valence-corrected chi connectivity index (χ1v) is 11.5. The summed E-state index contributed by atoms with van der Waals surface area (Å²) in [6, 6.07) is 21.5. The van der Waals surface area contributed by atoms with Gasteiger partial charge in [-0.3, -0.25) is 19.3 Å². The highest BCUT2D eigenvalue weighted by Crippen LogP contribution is 2.39. The van der Waals surface area contributed by atoms with E-state index in [-0.39, 0.29) is 23.7 Å². The van der Waals surface area contributed by atoms with Gasteiger partial charge < -0.3 is 5.32 Å². The quantitative estimate of drug-likeness (QED) is 0.408. The summed E-state index contributed by atoms with van der Waals surface area (Å²) in [5.74, 6) is 0.798. The van der Waals surface area contributed by atoms with Crippen molar-refractivity contribution in [1.82, 2.24) is 30.0 Å². The van der Waals surface area contributed by atoms with E-state index in [1.807, 2.05) is 36.4 Å². The van der Waals surface area contributed by atoms with Crippen LogP contribution in [0.4, 0.5) is 4.39 Å². The number of nitrogens with zero attached hydrogens (tertiary/aromatic N) is 5. The topological polar surface area (TPSA) is 85.6 Å². The Balaban J connectivity index is 1.26. The van der Waals surface area contributed by atoms with Crippen molar-refractivity contribution in [2.45, 2.75) is 24.8 Å². The molecule has 172 valence electrons. The zero-order chi connectivity index (χ0) is 23.8. The monoisotopic (exact) mass is 464 g/mol. The Bertz CT molecular complexity index is 1520. The molecule has 1 fully saturated rings. The summed E-state index contributed by atoms with van der Waals surface area (Å²) in [4.78, 5) is 21.6. The van der Waals surface area contributed by atoms with Crippen LogP contribution in [0, 0.1) is 5.82 Å². The van der Waals surface area contributed by atoms with Gasteiger partial charge in [-0.2, -0.15) is 0 Å². The Morgan fingerprint density at radius 2 is 1.69 bits per heavy atom. The van der Waals surface area contributed by atoms with Gasteiger partial charge in [0.2, 0.25) is 0 Å². The summed E-state index contributed by atoms with van der Waals surface area (Å²) >= 11 is 0. The highest BCUT2D eigenvalue weighted by molar-refractivity contribution is 6.04. The lowest BCUT2D eigenvalue weighted by atomic mass is 9.79. The highest BCUT2D eigenvalue weighted by Gasteiger charge is 2.36. The maximum absolute atomic E-state index is 14.8. The lowest BCUT2D eigenvalue weighted by molar-refractivity contribution is 0.0908. The smallest absolute Gasteiger partial charge is 0.253 e. The molecular formula is C27H21FN6O. The standard InChI is InChI=1S/C27H21FN6O/c28-21-9-4-5-11-23(21)34-25(17-7-2-1-3-8-17)32-33-26(34)18-15-19(16-18)31-27(35)20-12-14-29-22-10-6-13-30-24(20)22/h1-14,18-19H,15-16H2,(H,31,35)/t18-,19-. The predicted molar refractivity (Wildman–Crippen MR) is 130 cm³/mol. The van der Waals surface area contributed by atoms with Crippen molar-refractivity contribution in [2.24, 2.45) is 0 Å². The van der Waals surface area contributed by atoms with Gasteiger partial charge in [0.1, 0.15) is 17.2 Å². The molecule has 3 aromatic heterocycles. The average molecular weight is 465 g/mol. The molecule has 0 atom stereocenters. The van der Waals surface area contributed by atoms with E-state index in [1.54, 1.807) is 47.3 Å². The van der Waals surface area contributed by atoms with E-state index in [1.165, 1.54) is 6.07 Å². The predicted octanol–water partition coefficient (Wildman–Crippen LogP) is 4.69. The third-order valence-corrected chi connectivity index (χ3v) is 6.39. The average Bonchev–Trinajstić information content (AvgIpc) is 3.30. The normalized spacial score (nSPS) is 17.2. The van der Waals surface area contributed by atoms with Gasteiger partial charge in [-0.15, -0.1) is 10.2 Å². The van der Waals surface area contributed by atoms with Crippen molar-refractivity contribution in [3.8, 4) is 17.1 Å². The molecule has 1 aliphatic rings. The molecular weight excluding hydrogens is 443 g/mol. The van der Waals surface area contributed by atoms with Crippen LogP contribution in [0.2, 0.25) is 0 Å². The minimum Gasteiger partial charge on any atom is -0.349 e. The summed E-state index contributed by atoms with van der Waals surface area (Å²) in [6.07, 6.45) is 4.64. The molecule has 1 aliphatic carbocycles. The van der Waals surface area contributed by atoms with Gasteiger partial charge in [0.05, 0.1) is 16.8 Å². The van der Waals surface area contributed by atoms with Crippen molar-refractivity contribution in [3.05, 3.63) is 102 Å². The second-order valence-electron chi connectivity index (χ2n) is 8.60. The van der Waals surface area contributed by atoms with Crippen LogP contribution in [-0.4, -0.2) is 36.7 Å². The number of nitrogens with one attached hydrogen (secondary N) is 1. The largest absolute Gasteiger partial charge is 0.349 e. The number of para-hydroxylation sites is 1. The van der Waals surface area contributed by atoms with E-state index in [0.717, 1.165) is 5.56 Å². The fourth-order valence-corrected chi connectivity index (χ4v) is 4.58. The van der Waals surface area contributed by atoms with Crippen molar-refractivity contribution in [3.63, 3.8) is 0 Å². The molecule has 35 heavy (non-hydrogen) atoms. The first-order valence-electron chi connectivity index (χ1n) is 11.5. The molecule has 3 heterocycles. The third kappa shape index (κ3) is 3.82. The summed E-state index contributed by atoms with van der Waals surface area (Å²) in [6.45, 7) is 0. The number of amides is 1. The van der Waals surface area contributed by atoms with E-state index in [0.29, 0.717) is 46.8 Å². The zero-order valence-electron chi connectivity index (χ0n) is 18.7. The van der Waals surface area contributed by atoms with Crippen LogP contribution in [0.3, 0.4) is 0 Å². The number of hydrogen-bond acceptors (Lipinski definition) is 5. The third-order valence-electron chi connectivity index (χ3n) is 6.39. The summed E-state index contributed by atoms with van der Waals surface area (Å²) in [7, 11) is 0. The fraction of sp³-hybridized carbons (Fsp3) is 0.148. The van der Waals surface area contributed by atoms with Crippen molar-refractivity contribution in [2.75, 3.05) is 0 Å². The van der Waals surface area contributed by atoms with E-state index in [9.17, 15) is 9.18 Å². The van der Waals surface area contributed by atoms with Crippen molar-refractivity contribution < 1.29 is 9.18 Å². The van der Waals surface area contributed by atoms with Gasteiger partial charge in [-0.05, 0) is 43.2 Å². The highest BCUT2D eigenvalue weighted by atomic mass is 19.1. The molecule has 1 N–H and O–H groups in total. The van der Waals surface area contributed by atoms with E-state index in [4.69, 9.17) is 0 Å². The molecule has 6 rings (SSSR count). The number of carbonyl (C=O) groups is 1. The molecule has 0 bridgehead atoms. The van der Waals surface area contributed by atoms with Gasteiger partial charge in [0.25, 0.3) is 5.91 Å². The van der Waals surface area contributed by atoms with E-state index >= 15 is 0 Å². The summed E-state index contributed by atoms with van der Waals surface area (Å²) in [5.41, 5.74) is 3.03. The first-order chi connectivity index (χ1) is 17.2. The Labute approximate surface area is 200 Å².